The van der Waals surface area contributed by atoms with Crippen LogP contribution in [0.2, 0.25) is 0 Å². The molecule has 1 amide bonds. The van der Waals surface area contributed by atoms with E-state index < -0.39 is 11.9 Å². The molecule has 0 aromatic heterocycles. The summed E-state index contributed by atoms with van der Waals surface area (Å²) in [7, 11) is 4.41. The Hall–Kier alpha value is -4.05. The molecule has 9 nitrogen and oxygen atoms in total. The molecule has 0 saturated carbocycles. The fourth-order valence-corrected chi connectivity index (χ4v) is 4.15. The van der Waals surface area contributed by atoms with Gasteiger partial charge in [-0.15, -0.1) is 0 Å². The second kappa shape index (κ2) is 12.8. The number of hydrogen-bond acceptors (Lipinski definition) is 8. The molecule has 0 heterocycles. The van der Waals surface area contributed by atoms with Crippen molar-refractivity contribution in [2.24, 2.45) is 5.10 Å². The molecule has 0 aliphatic carbocycles. The summed E-state index contributed by atoms with van der Waals surface area (Å²) in [6, 6.07) is 13.5. The van der Waals surface area contributed by atoms with Crippen molar-refractivity contribution in [3.8, 4) is 28.7 Å². The van der Waals surface area contributed by atoms with E-state index in [0.717, 1.165) is 15.6 Å². The first-order chi connectivity index (χ1) is 17.7. The Morgan fingerprint density at radius 2 is 1.49 bits per heavy atom. The number of nitrogens with one attached hydrogen (secondary N) is 1. The number of hydrogen-bond donors (Lipinski definition) is 1. The van der Waals surface area contributed by atoms with Gasteiger partial charge in [0.25, 0.3) is 5.91 Å². The number of rotatable bonds is 10. The molecule has 3 rings (SSSR count). The summed E-state index contributed by atoms with van der Waals surface area (Å²) >= 11 is 3.43. The fourth-order valence-electron chi connectivity index (χ4n) is 3.46. The molecule has 10 heteroatoms. The van der Waals surface area contributed by atoms with Crippen LogP contribution in [-0.4, -0.2) is 46.0 Å². The lowest BCUT2D eigenvalue weighted by Gasteiger charge is -2.13. The molecule has 3 aromatic rings. The number of carbonyl (C=O) groups is 2. The highest BCUT2D eigenvalue weighted by Gasteiger charge is 2.18. The maximum atomic E-state index is 12.6. The fraction of sp³-hybridized carbons (Fsp3) is 0.222. The van der Waals surface area contributed by atoms with E-state index in [1.54, 1.807) is 24.3 Å². The Bertz CT molecular complexity index is 1260. The number of esters is 1. The van der Waals surface area contributed by atoms with Gasteiger partial charge in [0.1, 0.15) is 11.5 Å². The molecule has 0 aliphatic rings. The molecule has 0 bridgehead atoms. The molecule has 0 saturated heterocycles. The van der Waals surface area contributed by atoms with Crippen LogP contribution in [-0.2, 0) is 4.79 Å². The van der Waals surface area contributed by atoms with Gasteiger partial charge in [0.15, 0.2) is 18.1 Å². The number of amides is 1. The summed E-state index contributed by atoms with van der Waals surface area (Å²) in [4.78, 5) is 24.7. The first kappa shape index (κ1) is 27.5. The molecule has 0 radical (unpaired) electrons. The maximum Gasteiger partial charge on any atom is 0.343 e. The quantitative estimate of drug-likeness (QED) is 0.161. The molecule has 0 spiro atoms. The van der Waals surface area contributed by atoms with Crippen molar-refractivity contribution in [2.45, 2.75) is 13.8 Å². The summed E-state index contributed by atoms with van der Waals surface area (Å²) in [5, 5.41) is 3.95. The molecule has 0 atom stereocenters. The zero-order valence-electron chi connectivity index (χ0n) is 21.1. The minimum absolute atomic E-state index is 0.170. The monoisotopic (exact) mass is 570 g/mol. The second-order valence-corrected chi connectivity index (χ2v) is 8.74. The van der Waals surface area contributed by atoms with Gasteiger partial charge in [0.05, 0.1) is 33.1 Å². The van der Waals surface area contributed by atoms with Crippen LogP contribution in [0.1, 0.15) is 27.0 Å². The summed E-state index contributed by atoms with van der Waals surface area (Å²) in [6.07, 6.45) is 1.47. The van der Waals surface area contributed by atoms with Crippen LogP contribution in [0.5, 0.6) is 28.7 Å². The van der Waals surface area contributed by atoms with Gasteiger partial charge >= 0.3 is 5.97 Å². The highest BCUT2D eigenvalue weighted by molar-refractivity contribution is 9.10. The van der Waals surface area contributed by atoms with Crippen molar-refractivity contribution in [3.63, 3.8) is 0 Å². The number of aryl methyl sites for hydroxylation is 2. The number of methoxy groups -OCH3 is 3. The van der Waals surface area contributed by atoms with Gasteiger partial charge < -0.3 is 23.7 Å². The molecular formula is C27H27BrN2O7. The Morgan fingerprint density at radius 1 is 0.892 bits per heavy atom. The first-order valence-electron chi connectivity index (χ1n) is 11.1. The van der Waals surface area contributed by atoms with Crippen LogP contribution < -0.4 is 29.1 Å². The van der Waals surface area contributed by atoms with Crippen molar-refractivity contribution in [3.05, 3.63) is 75.3 Å². The Labute approximate surface area is 223 Å². The molecular weight excluding hydrogens is 544 g/mol. The third kappa shape index (κ3) is 7.23. The molecule has 3 aromatic carbocycles. The van der Waals surface area contributed by atoms with Crippen molar-refractivity contribution in [2.75, 3.05) is 27.9 Å². The molecule has 1 N–H and O–H groups in total. The van der Waals surface area contributed by atoms with Gasteiger partial charge in [-0.2, -0.15) is 5.10 Å². The minimum Gasteiger partial charge on any atom is -0.493 e. The maximum absolute atomic E-state index is 12.6. The largest absolute Gasteiger partial charge is 0.493 e. The molecule has 194 valence electrons. The van der Waals surface area contributed by atoms with E-state index in [0.29, 0.717) is 34.3 Å². The number of halogens is 1. The van der Waals surface area contributed by atoms with Crippen molar-refractivity contribution in [1.29, 1.82) is 0 Å². The van der Waals surface area contributed by atoms with Crippen LogP contribution in [0.15, 0.2) is 58.1 Å². The highest BCUT2D eigenvalue weighted by Crippen LogP contribution is 2.38. The van der Waals surface area contributed by atoms with E-state index in [1.807, 2.05) is 26.0 Å². The van der Waals surface area contributed by atoms with E-state index in [-0.39, 0.29) is 12.2 Å². The minimum atomic E-state index is -0.593. The van der Waals surface area contributed by atoms with Gasteiger partial charge in [-0.3, -0.25) is 4.79 Å². The average Bonchev–Trinajstić information content (AvgIpc) is 2.88. The lowest BCUT2D eigenvalue weighted by atomic mass is 10.1. The third-order valence-corrected chi connectivity index (χ3v) is 5.62. The van der Waals surface area contributed by atoms with Crippen LogP contribution >= 0.6 is 15.9 Å². The normalized spacial score (nSPS) is 10.6. The molecule has 37 heavy (non-hydrogen) atoms. The Morgan fingerprint density at radius 3 is 2.03 bits per heavy atom. The van der Waals surface area contributed by atoms with E-state index in [2.05, 4.69) is 26.5 Å². The summed E-state index contributed by atoms with van der Waals surface area (Å²) in [6.45, 7) is 3.65. The smallest absolute Gasteiger partial charge is 0.343 e. The Balaban J connectivity index is 1.55. The van der Waals surface area contributed by atoms with Crippen LogP contribution in [0.3, 0.4) is 0 Å². The van der Waals surface area contributed by atoms with E-state index in [1.165, 1.54) is 39.7 Å². The lowest BCUT2D eigenvalue weighted by molar-refractivity contribution is -0.123. The van der Waals surface area contributed by atoms with E-state index in [4.69, 9.17) is 23.7 Å². The second-order valence-electron chi connectivity index (χ2n) is 7.82. The number of carbonyl (C=O) groups excluding carboxylic acids is 2. The van der Waals surface area contributed by atoms with E-state index in [9.17, 15) is 9.59 Å². The van der Waals surface area contributed by atoms with Gasteiger partial charge in [0.2, 0.25) is 5.75 Å². The van der Waals surface area contributed by atoms with E-state index >= 15 is 0 Å². The number of ether oxygens (including phenoxy) is 5. The van der Waals surface area contributed by atoms with Crippen LogP contribution in [0, 0.1) is 13.8 Å². The Kier molecular flexibility index (Phi) is 9.51. The van der Waals surface area contributed by atoms with Gasteiger partial charge in [-0.1, -0.05) is 15.9 Å². The van der Waals surface area contributed by atoms with Crippen LogP contribution in [0.25, 0.3) is 0 Å². The summed E-state index contributed by atoms with van der Waals surface area (Å²) in [5.74, 6) is 1.07. The third-order valence-electron chi connectivity index (χ3n) is 5.17. The average molecular weight is 571 g/mol. The number of hydrazone groups is 1. The van der Waals surface area contributed by atoms with Gasteiger partial charge in [-0.05, 0) is 79.1 Å². The molecule has 0 aliphatic heterocycles. The van der Waals surface area contributed by atoms with Crippen molar-refractivity contribution >= 4 is 34.0 Å². The van der Waals surface area contributed by atoms with Crippen molar-refractivity contribution < 1.29 is 33.3 Å². The summed E-state index contributed by atoms with van der Waals surface area (Å²) < 4.78 is 27.9. The van der Waals surface area contributed by atoms with Gasteiger partial charge in [-0.25, -0.2) is 10.2 Å². The predicted octanol–water partition coefficient (Wildman–Crippen LogP) is 4.84. The standard InChI is InChI=1S/C27H27BrN2O7/c1-16-10-20(28)11-17(2)25(16)36-15-24(31)30-29-14-18-6-8-21(9-7-18)37-27(32)19-12-22(33-3)26(35-5)23(13-19)34-4/h6-14H,15H2,1-5H3,(H,30,31). The zero-order chi connectivity index (χ0) is 26.9. The van der Waals surface area contributed by atoms with Crippen molar-refractivity contribution in [1.82, 2.24) is 5.43 Å². The van der Waals surface area contributed by atoms with Gasteiger partial charge in [0, 0.05) is 4.47 Å². The first-order valence-corrected chi connectivity index (χ1v) is 11.9. The SMILES string of the molecule is COc1cc(C(=O)Oc2ccc(C=NNC(=O)COc3c(C)cc(Br)cc3C)cc2)cc(OC)c1OC. The molecule has 0 unspecified atom stereocenters. The lowest BCUT2D eigenvalue weighted by Crippen LogP contribution is -2.25. The number of nitrogens with zero attached hydrogens (tertiary/aromatic N) is 1. The number of benzene rings is 3. The molecule has 0 fully saturated rings. The predicted molar refractivity (Wildman–Crippen MR) is 142 cm³/mol. The van der Waals surface area contributed by atoms with Crippen LogP contribution in [0.4, 0.5) is 0 Å². The zero-order valence-corrected chi connectivity index (χ0v) is 22.7. The summed E-state index contributed by atoms with van der Waals surface area (Å²) in [5.41, 5.74) is 5.20. The highest BCUT2D eigenvalue weighted by atomic mass is 79.9. The topological polar surface area (TPSA) is 105 Å².